The molecule has 2 aromatic rings. The number of nitrogens with one attached hydrogen (secondary N) is 1. The van der Waals surface area contributed by atoms with Gasteiger partial charge in [-0.15, -0.1) is 0 Å². The van der Waals surface area contributed by atoms with Crippen molar-refractivity contribution in [1.29, 1.82) is 0 Å². The molecule has 0 saturated carbocycles. The number of nitrogens with zero attached hydrogens (tertiary/aromatic N) is 2. The number of nitro benzene ring substituents is 2. The monoisotopic (exact) mass is 301 g/mol. The second-order valence-electron chi connectivity index (χ2n) is 4.80. The topological polar surface area (TPSA) is 98.3 Å². The fourth-order valence-electron chi connectivity index (χ4n) is 2.23. The summed E-state index contributed by atoms with van der Waals surface area (Å²) in [7, 11) is 0. The van der Waals surface area contributed by atoms with Gasteiger partial charge in [-0.1, -0.05) is 25.1 Å². The highest BCUT2D eigenvalue weighted by Crippen LogP contribution is 2.33. The molecule has 0 aliphatic rings. The van der Waals surface area contributed by atoms with E-state index < -0.39 is 9.85 Å². The third-order valence-electron chi connectivity index (χ3n) is 3.39. The van der Waals surface area contributed by atoms with E-state index in [9.17, 15) is 20.2 Å². The van der Waals surface area contributed by atoms with Gasteiger partial charge in [0.1, 0.15) is 5.69 Å². The first-order chi connectivity index (χ1) is 10.4. The molecule has 0 bridgehead atoms. The molecule has 0 aliphatic carbocycles. The first-order valence-corrected chi connectivity index (χ1v) is 6.72. The zero-order valence-electron chi connectivity index (χ0n) is 12.2. The van der Waals surface area contributed by atoms with Crippen LogP contribution >= 0.6 is 0 Å². The number of anilines is 2. The number of non-ortho nitro benzene ring substituents is 1. The fraction of sp³-hybridized carbons (Fsp3) is 0.200. The average Bonchev–Trinajstić information content (AvgIpc) is 2.49. The molecule has 2 aromatic carbocycles. The van der Waals surface area contributed by atoms with E-state index in [4.69, 9.17) is 0 Å². The van der Waals surface area contributed by atoms with Crippen molar-refractivity contribution in [2.75, 3.05) is 5.32 Å². The number of benzene rings is 2. The normalized spacial score (nSPS) is 10.3. The highest BCUT2D eigenvalue weighted by atomic mass is 16.6. The number of hydrogen-bond donors (Lipinski definition) is 1. The van der Waals surface area contributed by atoms with Gasteiger partial charge < -0.3 is 5.32 Å². The first-order valence-electron chi connectivity index (χ1n) is 6.72. The van der Waals surface area contributed by atoms with E-state index in [1.807, 2.05) is 32.0 Å². The highest BCUT2D eigenvalue weighted by molar-refractivity contribution is 5.74. The van der Waals surface area contributed by atoms with Gasteiger partial charge in [0.15, 0.2) is 0 Å². The van der Waals surface area contributed by atoms with E-state index in [0.29, 0.717) is 0 Å². The average molecular weight is 301 g/mol. The SMILES string of the molecule is CCc1cccc(C)c1Nc1ccc([N+](=O)[O-])cc1[N+](=O)[O-]. The molecule has 0 saturated heterocycles. The van der Waals surface area contributed by atoms with E-state index in [1.165, 1.54) is 12.1 Å². The molecule has 0 radical (unpaired) electrons. The second kappa shape index (κ2) is 6.21. The van der Waals surface area contributed by atoms with Crippen molar-refractivity contribution in [2.45, 2.75) is 20.3 Å². The molecule has 7 nitrogen and oxygen atoms in total. The van der Waals surface area contributed by atoms with Gasteiger partial charge in [0.2, 0.25) is 0 Å². The number of aryl methyl sites for hydroxylation is 2. The van der Waals surface area contributed by atoms with Crippen LogP contribution in [0.5, 0.6) is 0 Å². The summed E-state index contributed by atoms with van der Waals surface area (Å²) in [5.74, 6) is 0. The first kappa shape index (κ1) is 15.4. The van der Waals surface area contributed by atoms with E-state index in [0.717, 1.165) is 29.3 Å². The number of para-hydroxylation sites is 1. The molecular weight excluding hydrogens is 286 g/mol. The van der Waals surface area contributed by atoms with Crippen LogP contribution in [0.4, 0.5) is 22.7 Å². The molecule has 7 heteroatoms. The smallest absolute Gasteiger partial charge is 0.299 e. The Morgan fingerprint density at radius 3 is 2.41 bits per heavy atom. The lowest BCUT2D eigenvalue weighted by Crippen LogP contribution is -2.02. The van der Waals surface area contributed by atoms with Gasteiger partial charge in [0.05, 0.1) is 15.9 Å². The van der Waals surface area contributed by atoms with Gasteiger partial charge in [-0.05, 0) is 30.5 Å². The minimum Gasteiger partial charge on any atom is -0.349 e. The summed E-state index contributed by atoms with van der Waals surface area (Å²) in [6.07, 6.45) is 0.769. The summed E-state index contributed by atoms with van der Waals surface area (Å²) >= 11 is 0. The molecular formula is C15H15N3O4. The van der Waals surface area contributed by atoms with Crippen molar-refractivity contribution >= 4 is 22.7 Å². The van der Waals surface area contributed by atoms with E-state index >= 15 is 0 Å². The van der Waals surface area contributed by atoms with Crippen LogP contribution in [0.1, 0.15) is 18.1 Å². The van der Waals surface area contributed by atoms with Crippen LogP contribution in [-0.2, 0) is 6.42 Å². The maximum Gasteiger partial charge on any atom is 0.299 e. The van der Waals surface area contributed by atoms with Crippen LogP contribution in [0.2, 0.25) is 0 Å². The maximum atomic E-state index is 11.2. The standard InChI is InChI=1S/C15H15N3O4/c1-3-11-6-4-5-10(2)15(11)16-13-8-7-12(17(19)20)9-14(13)18(21)22/h4-9,16H,3H2,1-2H3. The Morgan fingerprint density at radius 2 is 1.82 bits per heavy atom. The van der Waals surface area contributed by atoms with E-state index in [-0.39, 0.29) is 17.1 Å². The lowest BCUT2D eigenvalue weighted by atomic mass is 10.1. The van der Waals surface area contributed by atoms with Gasteiger partial charge >= 0.3 is 0 Å². The molecule has 0 fully saturated rings. The van der Waals surface area contributed by atoms with Crippen molar-refractivity contribution < 1.29 is 9.85 Å². The van der Waals surface area contributed by atoms with Gasteiger partial charge in [-0.2, -0.15) is 0 Å². The van der Waals surface area contributed by atoms with Crippen LogP contribution in [-0.4, -0.2) is 9.85 Å². The van der Waals surface area contributed by atoms with Crippen LogP contribution in [0.3, 0.4) is 0 Å². The number of hydrogen-bond acceptors (Lipinski definition) is 5. The Labute approximate surface area is 126 Å². The van der Waals surface area contributed by atoms with Crippen molar-refractivity contribution in [1.82, 2.24) is 0 Å². The van der Waals surface area contributed by atoms with Crippen molar-refractivity contribution in [2.24, 2.45) is 0 Å². The number of rotatable bonds is 5. The summed E-state index contributed by atoms with van der Waals surface area (Å²) in [6.45, 7) is 3.89. The predicted octanol–water partition coefficient (Wildman–Crippen LogP) is 4.12. The van der Waals surface area contributed by atoms with Gasteiger partial charge in [0.25, 0.3) is 11.4 Å². The molecule has 22 heavy (non-hydrogen) atoms. The molecule has 114 valence electrons. The molecule has 0 aliphatic heterocycles. The molecule has 2 rings (SSSR count). The Morgan fingerprint density at radius 1 is 1.09 bits per heavy atom. The Hall–Kier alpha value is -2.96. The summed E-state index contributed by atoms with van der Waals surface area (Å²) in [5, 5.41) is 25.0. The van der Waals surface area contributed by atoms with Crippen LogP contribution < -0.4 is 5.32 Å². The van der Waals surface area contributed by atoms with Gasteiger partial charge in [-0.3, -0.25) is 20.2 Å². The van der Waals surface area contributed by atoms with Crippen LogP contribution in [0, 0.1) is 27.2 Å². The molecule has 0 aromatic heterocycles. The molecule has 0 atom stereocenters. The van der Waals surface area contributed by atoms with Crippen molar-refractivity contribution in [3.8, 4) is 0 Å². The minimum atomic E-state index is -0.651. The lowest BCUT2D eigenvalue weighted by molar-refractivity contribution is -0.393. The Balaban J connectivity index is 2.50. The molecule has 0 spiro atoms. The Bertz CT molecular complexity index is 744. The third-order valence-corrected chi connectivity index (χ3v) is 3.39. The largest absolute Gasteiger partial charge is 0.349 e. The third kappa shape index (κ3) is 3.03. The van der Waals surface area contributed by atoms with E-state index in [2.05, 4.69) is 5.32 Å². The summed E-state index contributed by atoms with van der Waals surface area (Å²) in [4.78, 5) is 20.7. The van der Waals surface area contributed by atoms with Gasteiger partial charge in [0, 0.05) is 11.8 Å². The zero-order chi connectivity index (χ0) is 16.3. The maximum absolute atomic E-state index is 11.2. The summed E-state index contributed by atoms with van der Waals surface area (Å²) in [5.41, 5.74) is 2.37. The van der Waals surface area contributed by atoms with Crippen LogP contribution in [0.15, 0.2) is 36.4 Å². The minimum absolute atomic E-state index is 0.236. The molecule has 1 N–H and O–H groups in total. The molecule has 0 heterocycles. The summed E-state index contributed by atoms with van der Waals surface area (Å²) in [6, 6.07) is 9.34. The number of nitro groups is 2. The molecule has 0 amide bonds. The molecule has 0 unspecified atom stereocenters. The predicted molar refractivity (Wildman–Crippen MR) is 83.6 cm³/mol. The quantitative estimate of drug-likeness (QED) is 0.661. The summed E-state index contributed by atoms with van der Waals surface area (Å²) < 4.78 is 0. The van der Waals surface area contributed by atoms with Crippen LogP contribution in [0.25, 0.3) is 0 Å². The Kier molecular flexibility index (Phi) is 4.36. The highest BCUT2D eigenvalue weighted by Gasteiger charge is 2.20. The van der Waals surface area contributed by atoms with Crippen molar-refractivity contribution in [3.05, 3.63) is 67.8 Å². The van der Waals surface area contributed by atoms with E-state index in [1.54, 1.807) is 0 Å². The van der Waals surface area contributed by atoms with Gasteiger partial charge in [-0.25, -0.2) is 0 Å². The second-order valence-corrected chi connectivity index (χ2v) is 4.80. The fourth-order valence-corrected chi connectivity index (χ4v) is 2.23. The zero-order valence-corrected chi connectivity index (χ0v) is 12.2. The van der Waals surface area contributed by atoms with Crippen molar-refractivity contribution in [3.63, 3.8) is 0 Å². The lowest BCUT2D eigenvalue weighted by Gasteiger charge is -2.14.